The first-order valence-corrected chi connectivity index (χ1v) is 5.63. The summed E-state index contributed by atoms with van der Waals surface area (Å²) in [5.41, 5.74) is 2.37. The van der Waals surface area contributed by atoms with Gasteiger partial charge in [-0.2, -0.15) is 0 Å². The van der Waals surface area contributed by atoms with Crippen LogP contribution >= 0.6 is 0 Å². The van der Waals surface area contributed by atoms with Gasteiger partial charge in [0.05, 0.1) is 0 Å². The third kappa shape index (κ3) is 1.74. The van der Waals surface area contributed by atoms with Crippen molar-refractivity contribution in [2.75, 3.05) is 0 Å². The Bertz CT molecular complexity index is 455. The lowest BCUT2D eigenvalue weighted by atomic mass is 10.3. The van der Waals surface area contributed by atoms with Crippen LogP contribution in [-0.2, 0) is 0 Å². The largest absolute Gasteiger partial charge is 0.329 e. The normalized spacial score (nSPS) is 14.9. The van der Waals surface area contributed by atoms with Gasteiger partial charge in [0.25, 0.3) is 0 Å². The Morgan fingerprint density at radius 1 is 1.33 bits per heavy atom. The van der Waals surface area contributed by atoms with Gasteiger partial charge in [-0.3, -0.25) is 0 Å². The zero-order valence-electron chi connectivity index (χ0n) is 9.57. The number of aryl methyl sites for hydroxylation is 1. The summed E-state index contributed by atoms with van der Waals surface area (Å²) in [4.78, 5) is 8.36. The van der Waals surface area contributed by atoms with Crippen molar-refractivity contribution in [1.29, 1.82) is 0 Å². The van der Waals surface area contributed by atoms with Crippen molar-refractivity contribution < 1.29 is 0 Å². The van der Waals surface area contributed by atoms with Crippen LogP contribution in [0.1, 0.15) is 38.3 Å². The molecule has 2 aromatic rings. The SMILES string of the molecule is CC.Cc1cn(C2CC2)c2ncncc12. The minimum Gasteiger partial charge on any atom is -0.329 e. The van der Waals surface area contributed by atoms with Gasteiger partial charge in [-0.05, 0) is 25.3 Å². The van der Waals surface area contributed by atoms with Crippen molar-refractivity contribution in [3.8, 4) is 0 Å². The fraction of sp³-hybridized carbons (Fsp3) is 0.500. The van der Waals surface area contributed by atoms with Crippen LogP contribution in [0.15, 0.2) is 18.7 Å². The third-order valence-electron chi connectivity index (χ3n) is 2.63. The maximum Gasteiger partial charge on any atom is 0.143 e. The molecule has 0 unspecified atom stereocenters. The highest BCUT2D eigenvalue weighted by molar-refractivity contribution is 5.79. The molecule has 3 heteroatoms. The van der Waals surface area contributed by atoms with Crippen LogP contribution in [0.3, 0.4) is 0 Å². The highest BCUT2D eigenvalue weighted by atomic mass is 15.1. The molecule has 1 aliphatic carbocycles. The van der Waals surface area contributed by atoms with Crippen LogP contribution in [0.25, 0.3) is 11.0 Å². The fourth-order valence-electron chi connectivity index (χ4n) is 1.78. The first-order chi connectivity index (χ1) is 7.36. The van der Waals surface area contributed by atoms with Crippen molar-refractivity contribution in [3.05, 3.63) is 24.3 Å². The number of fused-ring (bicyclic) bond motifs is 1. The van der Waals surface area contributed by atoms with Gasteiger partial charge in [0.2, 0.25) is 0 Å². The first kappa shape index (κ1) is 10.1. The van der Waals surface area contributed by atoms with Crippen LogP contribution in [0, 0.1) is 6.92 Å². The summed E-state index contributed by atoms with van der Waals surface area (Å²) in [6.07, 6.45) is 8.31. The average molecular weight is 203 g/mol. The quantitative estimate of drug-likeness (QED) is 0.713. The lowest BCUT2D eigenvalue weighted by Crippen LogP contribution is -1.92. The van der Waals surface area contributed by atoms with Gasteiger partial charge in [-0.25, -0.2) is 9.97 Å². The van der Waals surface area contributed by atoms with Crippen molar-refractivity contribution >= 4 is 11.0 Å². The van der Waals surface area contributed by atoms with E-state index in [0.29, 0.717) is 6.04 Å². The van der Waals surface area contributed by atoms with Gasteiger partial charge in [0.15, 0.2) is 0 Å². The van der Waals surface area contributed by atoms with Crippen LogP contribution in [0.2, 0.25) is 0 Å². The third-order valence-corrected chi connectivity index (χ3v) is 2.63. The molecule has 2 heterocycles. The van der Waals surface area contributed by atoms with Gasteiger partial charge >= 0.3 is 0 Å². The van der Waals surface area contributed by atoms with Crippen molar-refractivity contribution in [2.45, 2.75) is 39.7 Å². The van der Waals surface area contributed by atoms with Crippen molar-refractivity contribution in [1.82, 2.24) is 14.5 Å². The Morgan fingerprint density at radius 2 is 2.07 bits per heavy atom. The Hall–Kier alpha value is -1.38. The maximum atomic E-state index is 4.32. The van der Waals surface area contributed by atoms with Gasteiger partial charge in [0.1, 0.15) is 12.0 Å². The molecule has 1 saturated carbocycles. The molecule has 1 fully saturated rings. The number of hydrogen-bond donors (Lipinski definition) is 0. The molecule has 2 aromatic heterocycles. The molecule has 15 heavy (non-hydrogen) atoms. The predicted molar refractivity (Wildman–Crippen MR) is 61.9 cm³/mol. The summed E-state index contributed by atoms with van der Waals surface area (Å²) in [7, 11) is 0. The van der Waals surface area contributed by atoms with E-state index in [4.69, 9.17) is 0 Å². The minimum absolute atomic E-state index is 0.700. The monoisotopic (exact) mass is 203 g/mol. The van der Waals surface area contributed by atoms with Crippen molar-refractivity contribution in [2.24, 2.45) is 0 Å². The lowest BCUT2D eigenvalue weighted by Gasteiger charge is -1.98. The summed E-state index contributed by atoms with van der Waals surface area (Å²) < 4.78 is 2.28. The Labute approximate surface area is 90.2 Å². The van der Waals surface area contributed by atoms with E-state index < -0.39 is 0 Å². The molecule has 0 amide bonds. The topological polar surface area (TPSA) is 30.7 Å². The van der Waals surface area contributed by atoms with Crippen LogP contribution < -0.4 is 0 Å². The molecule has 0 atom stereocenters. The van der Waals surface area contributed by atoms with E-state index in [1.54, 1.807) is 6.33 Å². The molecule has 0 spiro atoms. The molecule has 1 aliphatic rings. The summed E-state index contributed by atoms with van der Waals surface area (Å²) in [5.74, 6) is 0. The predicted octanol–water partition coefficient (Wildman–Crippen LogP) is 3.10. The van der Waals surface area contributed by atoms with E-state index in [1.165, 1.54) is 23.8 Å². The van der Waals surface area contributed by atoms with Crippen LogP contribution in [0.5, 0.6) is 0 Å². The van der Waals surface area contributed by atoms with E-state index in [1.807, 2.05) is 20.0 Å². The Morgan fingerprint density at radius 3 is 2.73 bits per heavy atom. The molecule has 3 nitrogen and oxygen atoms in total. The molecule has 3 rings (SSSR count). The van der Waals surface area contributed by atoms with E-state index in [0.717, 1.165) is 5.65 Å². The summed E-state index contributed by atoms with van der Waals surface area (Å²) in [6.45, 7) is 6.12. The zero-order valence-corrected chi connectivity index (χ0v) is 9.57. The summed E-state index contributed by atoms with van der Waals surface area (Å²) in [6, 6.07) is 0.700. The summed E-state index contributed by atoms with van der Waals surface area (Å²) in [5, 5.41) is 1.19. The maximum absolute atomic E-state index is 4.32. The number of rotatable bonds is 1. The molecular weight excluding hydrogens is 186 g/mol. The van der Waals surface area contributed by atoms with Crippen LogP contribution in [-0.4, -0.2) is 14.5 Å². The Balaban J connectivity index is 0.000000404. The average Bonchev–Trinajstić information content (AvgIpc) is 3.08. The molecule has 0 N–H and O–H groups in total. The van der Waals surface area contributed by atoms with E-state index in [-0.39, 0.29) is 0 Å². The second kappa shape index (κ2) is 4.01. The number of hydrogen-bond acceptors (Lipinski definition) is 2. The van der Waals surface area contributed by atoms with Gasteiger partial charge in [-0.15, -0.1) is 0 Å². The highest BCUT2D eigenvalue weighted by Gasteiger charge is 2.25. The van der Waals surface area contributed by atoms with Crippen molar-refractivity contribution in [3.63, 3.8) is 0 Å². The molecular formula is C12H17N3. The molecule has 0 saturated heterocycles. The van der Waals surface area contributed by atoms with Crippen LogP contribution in [0.4, 0.5) is 0 Å². The molecule has 0 radical (unpaired) electrons. The smallest absolute Gasteiger partial charge is 0.143 e. The molecule has 0 aromatic carbocycles. The lowest BCUT2D eigenvalue weighted by molar-refractivity contribution is 0.763. The minimum atomic E-state index is 0.700. The molecule has 0 aliphatic heterocycles. The van der Waals surface area contributed by atoms with Gasteiger partial charge in [-0.1, -0.05) is 13.8 Å². The first-order valence-electron chi connectivity index (χ1n) is 5.63. The van der Waals surface area contributed by atoms with E-state index >= 15 is 0 Å². The summed E-state index contributed by atoms with van der Waals surface area (Å²) >= 11 is 0. The molecule has 0 bridgehead atoms. The second-order valence-corrected chi connectivity index (χ2v) is 3.71. The highest BCUT2D eigenvalue weighted by Crippen LogP contribution is 2.37. The van der Waals surface area contributed by atoms with Gasteiger partial charge < -0.3 is 4.57 Å². The second-order valence-electron chi connectivity index (χ2n) is 3.71. The standard InChI is InChI=1S/C10H11N3.C2H6/c1-7-5-13(8-2-3-8)10-9(7)4-11-6-12-10;1-2/h4-6,8H,2-3H2,1H3;1-2H3. The number of nitrogens with zero attached hydrogens (tertiary/aromatic N) is 3. The number of aromatic nitrogens is 3. The fourth-order valence-corrected chi connectivity index (χ4v) is 1.78. The van der Waals surface area contributed by atoms with Gasteiger partial charge in [0, 0.05) is 23.8 Å². The zero-order chi connectivity index (χ0) is 10.8. The molecule has 80 valence electrons. The van der Waals surface area contributed by atoms with E-state index in [2.05, 4.69) is 27.7 Å². The van der Waals surface area contributed by atoms with E-state index in [9.17, 15) is 0 Å². The Kier molecular flexibility index (Phi) is 2.71.